The molecule has 0 spiro atoms. The van der Waals surface area contributed by atoms with Crippen LogP contribution in [0.25, 0.3) is 0 Å². The van der Waals surface area contributed by atoms with Crippen molar-refractivity contribution in [1.29, 1.82) is 0 Å². The van der Waals surface area contributed by atoms with Crippen molar-refractivity contribution in [3.05, 3.63) is 0 Å². The fourth-order valence-electron chi connectivity index (χ4n) is 2.96. The summed E-state index contributed by atoms with van der Waals surface area (Å²) in [4.78, 5) is 5.32. The van der Waals surface area contributed by atoms with Crippen LogP contribution in [0.5, 0.6) is 0 Å². The van der Waals surface area contributed by atoms with E-state index >= 15 is 0 Å². The first-order chi connectivity index (χ1) is 8.24. The lowest BCUT2D eigenvalue weighted by molar-refractivity contribution is 0.202. The highest BCUT2D eigenvalue weighted by Gasteiger charge is 2.24. The molecule has 2 fully saturated rings. The zero-order chi connectivity index (χ0) is 12.1. The summed E-state index contributed by atoms with van der Waals surface area (Å²) in [5, 5.41) is 3.43. The highest BCUT2D eigenvalue weighted by Crippen LogP contribution is 2.18. The normalized spacial score (nSPS) is 28.1. The quantitative estimate of drug-likeness (QED) is 0.779. The van der Waals surface area contributed by atoms with Gasteiger partial charge in [-0.1, -0.05) is 13.8 Å². The van der Waals surface area contributed by atoms with E-state index < -0.39 is 0 Å². The number of nitrogens with one attached hydrogen (secondary N) is 1. The smallest absolute Gasteiger partial charge is 0.0107 e. The van der Waals surface area contributed by atoms with Gasteiger partial charge < -0.3 is 15.1 Å². The molecule has 2 rings (SSSR count). The van der Waals surface area contributed by atoms with Gasteiger partial charge in [-0.15, -0.1) is 0 Å². The van der Waals surface area contributed by atoms with E-state index in [4.69, 9.17) is 0 Å². The third-order valence-electron chi connectivity index (χ3n) is 4.12. The molecule has 17 heavy (non-hydrogen) atoms. The molecule has 1 N–H and O–H groups in total. The summed E-state index contributed by atoms with van der Waals surface area (Å²) in [5.74, 6) is 1.78. The van der Waals surface area contributed by atoms with Crippen molar-refractivity contribution in [2.24, 2.45) is 11.8 Å². The van der Waals surface area contributed by atoms with Crippen LogP contribution in [-0.4, -0.2) is 62.2 Å². The van der Waals surface area contributed by atoms with Gasteiger partial charge in [-0.3, -0.25) is 0 Å². The summed E-state index contributed by atoms with van der Waals surface area (Å²) < 4.78 is 0. The van der Waals surface area contributed by atoms with Gasteiger partial charge in [-0.2, -0.15) is 0 Å². The highest BCUT2D eigenvalue weighted by molar-refractivity contribution is 4.80. The Balaban J connectivity index is 1.63. The molecular weight excluding hydrogens is 210 g/mol. The zero-order valence-electron chi connectivity index (χ0n) is 11.6. The summed E-state index contributed by atoms with van der Waals surface area (Å²) in [5.41, 5.74) is 0. The fourth-order valence-corrected chi connectivity index (χ4v) is 2.96. The largest absolute Gasteiger partial charge is 0.314 e. The maximum atomic E-state index is 3.43. The van der Waals surface area contributed by atoms with Gasteiger partial charge in [0.15, 0.2) is 0 Å². The van der Waals surface area contributed by atoms with E-state index in [1.807, 2.05) is 0 Å². The lowest BCUT2D eigenvalue weighted by atomic mass is 10.1. The van der Waals surface area contributed by atoms with Crippen LogP contribution >= 0.6 is 0 Å². The van der Waals surface area contributed by atoms with E-state index in [0.29, 0.717) is 0 Å². The Morgan fingerprint density at radius 2 is 1.88 bits per heavy atom. The number of hydrogen-bond acceptors (Lipinski definition) is 3. The number of nitrogens with zero attached hydrogens (tertiary/aromatic N) is 2. The summed E-state index contributed by atoms with van der Waals surface area (Å²) in [6, 6.07) is 0. The Labute approximate surface area is 107 Å². The second-order valence-corrected chi connectivity index (χ2v) is 6.19. The first-order valence-electron chi connectivity index (χ1n) is 7.39. The van der Waals surface area contributed by atoms with Crippen molar-refractivity contribution in [3.8, 4) is 0 Å². The minimum absolute atomic E-state index is 0.849. The minimum Gasteiger partial charge on any atom is -0.314 e. The second-order valence-electron chi connectivity index (χ2n) is 6.19. The fraction of sp³-hybridized carbons (Fsp3) is 1.00. The van der Waals surface area contributed by atoms with Crippen LogP contribution in [0.15, 0.2) is 0 Å². The number of rotatable bonds is 5. The predicted octanol–water partition coefficient (Wildman–Crippen LogP) is 1.26. The molecule has 0 radical (unpaired) electrons. The Hall–Kier alpha value is -0.120. The lowest BCUT2D eigenvalue weighted by Gasteiger charge is -2.29. The predicted molar refractivity (Wildman–Crippen MR) is 73.3 cm³/mol. The average Bonchev–Trinajstić information content (AvgIpc) is 2.75. The number of likely N-dealkylation sites (tertiary alicyclic amines) is 1. The summed E-state index contributed by atoms with van der Waals surface area (Å²) in [7, 11) is 0. The number of piperazine rings is 1. The van der Waals surface area contributed by atoms with Gasteiger partial charge in [-0.05, 0) is 37.8 Å². The molecule has 1 atom stereocenters. The molecule has 0 aromatic rings. The molecule has 2 aliphatic rings. The van der Waals surface area contributed by atoms with Gasteiger partial charge in [0.25, 0.3) is 0 Å². The third-order valence-corrected chi connectivity index (χ3v) is 4.12. The summed E-state index contributed by atoms with van der Waals surface area (Å²) in [6.45, 7) is 14.9. The van der Waals surface area contributed by atoms with E-state index in [1.54, 1.807) is 0 Å². The Kier molecular flexibility index (Phi) is 5.26. The summed E-state index contributed by atoms with van der Waals surface area (Å²) >= 11 is 0. The maximum absolute atomic E-state index is 3.43. The van der Waals surface area contributed by atoms with E-state index in [9.17, 15) is 0 Å². The van der Waals surface area contributed by atoms with Crippen molar-refractivity contribution >= 4 is 0 Å². The van der Waals surface area contributed by atoms with Crippen LogP contribution in [0.4, 0.5) is 0 Å². The molecule has 2 aliphatic heterocycles. The zero-order valence-corrected chi connectivity index (χ0v) is 11.6. The topological polar surface area (TPSA) is 18.5 Å². The monoisotopic (exact) mass is 239 g/mol. The molecule has 0 aliphatic carbocycles. The molecule has 2 heterocycles. The first kappa shape index (κ1) is 13.3. The van der Waals surface area contributed by atoms with Crippen molar-refractivity contribution in [2.45, 2.75) is 26.7 Å². The van der Waals surface area contributed by atoms with Crippen LogP contribution in [0.2, 0.25) is 0 Å². The standard InChI is InChI=1S/C14H29N3/c1-13(2)3-7-16-8-4-14(11-16)12-17-9-5-15-6-10-17/h13-15H,3-12H2,1-2H3/t14-/m0/s1. The van der Waals surface area contributed by atoms with Gasteiger partial charge in [0, 0.05) is 39.3 Å². The van der Waals surface area contributed by atoms with Gasteiger partial charge in [0.1, 0.15) is 0 Å². The minimum atomic E-state index is 0.849. The van der Waals surface area contributed by atoms with Crippen molar-refractivity contribution in [3.63, 3.8) is 0 Å². The van der Waals surface area contributed by atoms with E-state index in [0.717, 1.165) is 11.8 Å². The molecule has 0 aromatic carbocycles. The average molecular weight is 239 g/mol. The van der Waals surface area contributed by atoms with Crippen molar-refractivity contribution in [2.75, 3.05) is 52.4 Å². The van der Waals surface area contributed by atoms with Gasteiger partial charge in [-0.25, -0.2) is 0 Å². The Morgan fingerprint density at radius 3 is 2.59 bits per heavy atom. The van der Waals surface area contributed by atoms with Crippen LogP contribution in [0.1, 0.15) is 26.7 Å². The number of hydrogen-bond donors (Lipinski definition) is 1. The SMILES string of the molecule is CC(C)CCN1CC[C@H](CN2CCNCC2)C1. The molecule has 3 heteroatoms. The molecule has 0 amide bonds. The molecule has 0 bridgehead atoms. The molecule has 0 aromatic heterocycles. The molecule has 2 saturated heterocycles. The van der Waals surface area contributed by atoms with Crippen molar-refractivity contribution in [1.82, 2.24) is 15.1 Å². The van der Waals surface area contributed by atoms with Crippen LogP contribution in [-0.2, 0) is 0 Å². The molecule has 0 unspecified atom stereocenters. The Bertz CT molecular complexity index is 212. The van der Waals surface area contributed by atoms with Crippen LogP contribution in [0, 0.1) is 11.8 Å². The van der Waals surface area contributed by atoms with E-state index in [2.05, 4.69) is 29.0 Å². The van der Waals surface area contributed by atoms with Crippen molar-refractivity contribution < 1.29 is 0 Å². The van der Waals surface area contributed by atoms with Gasteiger partial charge in [0.2, 0.25) is 0 Å². The second kappa shape index (κ2) is 6.72. The molecular formula is C14H29N3. The van der Waals surface area contributed by atoms with Gasteiger partial charge in [0.05, 0.1) is 0 Å². The summed E-state index contributed by atoms with van der Waals surface area (Å²) in [6.07, 6.45) is 2.78. The highest BCUT2D eigenvalue weighted by atomic mass is 15.2. The maximum Gasteiger partial charge on any atom is 0.0107 e. The molecule has 3 nitrogen and oxygen atoms in total. The molecule has 100 valence electrons. The van der Waals surface area contributed by atoms with Gasteiger partial charge >= 0.3 is 0 Å². The lowest BCUT2D eigenvalue weighted by Crippen LogP contribution is -2.45. The first-order valence-corrected chi connectivity index (χ1v) is 7.39. The van der Waals surface area contributed by atoms with Crippen LogP contribution < -0.4 is 5.32 Å². The van der Waals surface area contributed by atoms with E-state index in [-0.39, 0.29) is 0 Å². The van der Waals surface area contributed by atoms with Crippen LogP contribution in [0.3, 0.4) is 0 Å². The Morgan fingerprint density at radius 1 is 1.12 bits per heavy atom. The van der Waals surface area contributed by atoms with E-state index in [1.165, 1.54) is 65.2 Å². The molecule has 0 saturated carbocycles. The third kappa shape index (κ3) is 4.57.